The molecule has 3 aromatic heterocycles. The molecule has 0 amide bonds. The molecule has 1 aliphatic heterocycles. The summed E-state index contributed by atoms with van der Waals surface area (Å²) >= 11 is 0. The Bertz CT molecular complexity index is 1250. The number of fused-ring (bicyclic) bond motifs is 1. The first-order chi connectivity index (χ1) is 17.1. The molecule has 1 N–H and O–H groups in total. The van der Waals surface area contributed by atoms with Gasteiger partial charge in [0, 0.05) is 18.8 Å². The molecule has 0 radical (unpaired) electrons. The first-order valence-corrected chi connectivity index (χ1v) is 13.1. The Morgan fingerprint density at radius 2 is 1.78 bits per heavy atom. The molecule has 0 aliphatic carbocycles. The fraction of sp³-hybridized carbons (Fsp3) is 0.536. The molecule has 8 heteroatoms. The minimum absolute atomic E-state index is 0.215. The number of aryl methyl sites for hydroxylation is 2. The highest BCUT2D eigenvalue weighted by atomic mass is 15.4. The minimum atomic E-state index is 0.215. The summed E-state index contributed by atoms with van der Waals surface area (Å²) in [4.78, 5) is 25.3. The molecule has 1 aliphatic rings. The van der Waals surface area contributed by atoms with Crippen LogP contribution in [-0.4, -0.2) is 49.1 Å². The lowest BCUT2D eigenvalue weighted by atomic mass is 10.0. The van der Waals surface area contributed by atoms with E-state index < -0.39 is 0 Å². The highest BCUT2D eigenvalue weighted by Gasteiger charge is 2.32. The van der Waals surface area contributed by atoms with Gasteiger partial charge in [0.1, 0.15) is 11.4 Å². The lowest BCUT2D eigenvalue weighted by Crippen LogP contribution is -2.27. The number of pyridine rings is 1. The van der Waals surface area contributed by atoms with Crippen LogP contribution in [0.3, 0.4) is 0 Å². The fourth-order valence-electron chi connectivity index (χ4n) is 4.50. The summed E-state index contributed by atoms with van der Waals surface area (Å²) in [7, 11) is 0. The first-order valence-electron chi connectivity index (χ1n) is 13.1. The molecule has 0 spiro atoms. The van der Waals surface area contributed by atoms with E-state index in [1.54, 1.807) is 0 Å². The van der Waals surface area contributed by atoms with Crippen molar-refractivity contribution in [1.82, 2.24) is 24.6 Å². The number of hydrogen-bond donors (Lipinski definition) is 1. The van der Waals surface area contributed by atoms with E-state index in [1.807, 2.05) is 30.8 Å². The molecule has 3 aromatic rings. The molecule has 0 saturated carbocycles. The number of H-pyrrole nitrogens is 1. The van der Waals surface area contributed by atoms with Crippen LogP contribution in [0.5, 0.6) is 0 Å². The molecule has 0 aromatic carbocycles. The van der Waals surface area contributed by atoms with E-state index in [0.717, 1.165) is 71.0 Å². The lowest BCUT2D eigenvalue weighted by Gasteiger charge is -2.24. The second-order valence-corrected chi connectivity index (χ2v) is 10.8. The molecule has 36 heavy (non-hydrogen) atoms. The van der Waals surface area contributed by atoms with Crippen molar-refractivity contribution >= 4 is 22.9 Å². The Balaban J connectivity index is 1.79. The Morgan fingerprint density at radius 3 is 2.31 bits per heavy atom. The standard InChI is InChI=1S/C28H40N8/c1-10-35(15-17(4)5)21-11-12-23(29-14-21)32-25-22(13-16(2)3)34-36-26(24(18(6)7)33-28(25)36)27-30-19(8)20(9)31-27/h11-12,14,16-18H,10,13,15H2,1-9H3,(H,30,31). The average molecular weight is 489 g/mol. The van der Waals surface area contributed by atoms with E-state index in [0.29, 0.717) is 17.7 Å². The van der Waals surface area contributed by atoms with Crippen molar-refractivity contribution in [3.63, 3.8) is 0 Å². The van der Waals surface area contributed by atoms with E-state index in [1.165, 1.54) is 0 Å². The SMILES string of the molecule is CCN(CC(C)C)c1ccc(N=C2C(CC(C)C)=Nn3c2nc(C(C)C)c3-c2nc(C)c(C)[nH]2)nc1. The molecule has 192 valence electrons. The predicted molar refractivity (Wildman–Crippen MR) is 149 cm³/mol. The van der Waals surface area contributed by atoms with Crippen molar-refractivity contribution < 1.29 is 0 Å². The van der Waals surface area contributed by atoms with Crippen molar-refractivity contribution in [3.8, 4) is 11.5 Å². The number of aliphatic imine (C=N–C) groups is 1. The third kappa shape index (κ3) is 5.13. The van der Waals surface area contributed by atoms with Gasteiger partial charge in [-0.3, -0.25) is 0 Å². The van der Waals surface area contributed by atoms with Crippen LogP contribution < -0.4 is 4.90 Å². The summed E-state index contributed by atoms with van der Waals surface area (Å²) in [6.07, 6.45) is 2.73. The number of hydrogen-bond acceptors (Lipinski definition) is 6. The van der Waals surface area contributed by atoms with Crippen molar-refractivity contribution in [3.05, 3.63) is 41.2 Å². The van der Waals surface area contributed by atoms with E-state index in [4.69, 9.17) is 25.0 Å². The Labute approximate surface area is 215 Å². The number of nitrogens with zero attached hydrogens (tertiary/aromatic N) is 7. The maximum Gasteiger partial charge on any atom is 0.182 e. The molecule has 0 saturated heterocycles. The van der Waals surface area contributed by atoms with E-state index in [2.05, 4.69) is 64.4 Å². The van der Waals surface area contributed by atoms with Crippen LogP contribution >= 0.6 is 0 Å². The summed E-state index contributed by atoms with van der Waals surface area (Å²) in [5.74, 6) is 3.46. The van der Waals surface area contributed by atoms with Gasteiger partial charge in [-0.25, -0.2) is 24.6 Å². The third-order valence-electron chi connectivity index (χ3n) is 6.38. The zero-order valence-corrected chi connectivity index (χ0v) is 23.2. The second-order valence-electron chi connectivity index (χ2n) is 10.8. The van der Waals surface area contributed by atoms with Gasteiger partial charge in [0.25, 0.3) is 0 Å². The highest BCUT2D eigenvalue weighted by Crippen LogP contribution is 2.33. The van der Waals surface area contributed by atoms with Gasteiger partial charge in [-0.1, -0.05) is 41.5 Å². The number of imidazole rings is 2. The molecule has 0 bridgehead atoms. The zero-order valence-electron chi connectivity index (χ0n) is 23.2. The molecule has 0 unspecified atom stereocenters. The number of aromatic nitrogens is 5. The van der Waals surface area contributed by atoms with Gasteiger partial charge in [-0.05, 0) is 57.1 Å². The van der Waals surface area contributed by atoms with Crippen LogP contribution in [0.15, 0.2) is 28.4 Å². The van der Waals surface area contributed by atoms with E-state index in [-0.39, 0.29) is 5.92 Å². The molecular formula is C28H40N8. The normalized spacial score (nSPS) is 14.4. The smallest absolute Gasteiger partial charge is 0.182 e. The quantitative estimate of drug-likeness (QED) is 0.384. The number of nitrogens with one attached hydrogen (secondary N) is 1. The first kappa shape index (κ1) is 25.8. The van der Waals surface area contributed by atoms with Crippen LogP contribution in [0.2, 0.25) is 0 Å². The maximum atomic E-state index is 5.05. The predicted octanol–water partition coefficient (Wildman–Crippen LogP) is 6.28. The molecule has 0 atom stereocenters. The topological polar surface area (TPSA) is 87.4 Å². The highest BCUT2D eigenvalue weighted by molar-refractivity contribution is 6.49. The van der Waals surface area contributed by atoms with Crippen LogP contribution in [0.4, 0.5) is 11.5 Å². The molecule has 4 rings (SSSR count). The van der Waals surface area contributed by atoms with Crippen LogP contribution in [0.1, 0.15) is 83.7 Å². The van der Waals surface area contributed by atoms with Crippen molar-refractivity contribution in [2.24, 2.45) is 21.9 Å². The summed E-state index contributed by atoms with van der Waals surface area (Å²) in [5.41, 5.74) is 6.77. The second kappa shape index (κ2) is 10.4. The van der Waals surface area contributed by atoms with Gasteiger partial charge in [0.2, 0.25) is 0 Å². The van der Waals surface area contributed by atoms with Crippen LogP contribution in [0, 0.1) is 25.7 Å². The third-order valence-corrected chi connectivity index (χ3v) is 6.38. The van der Waals surface area contributed by atoms with Crippen molar-refractivity contribution in [1.29, 1.82) is 0 Å². The van der Waals surface area contributed by atoms with Crippen molar-refractivity contribution in [2.75, 3.05) is 18.0 Å². The lowest BCUT2D eigenvalue weighted by molar-refractivity contribution is 0.618. The Morgan fingerprint density at radius 1 is 1.03 bits per heavy atom. The number of aromatic amines is 1. The number of rotatable bonds is 9. The average Bonchev–Trinajstić information content (AvgIpc) is 3.44. The zero-order chi connectivity index (χ0) is 26.1. The summed E-state index contributed by atoms with van der Waals surface area (Å²) < 4.78 is 1.93. The summed E-state index contributed by atoms with van der Waals surface area (Å²) in [6, 6.07) is 4.10. The van der Waals surface area contributed by atoms with Gasteiger partial charge in [-0.2, -0.15) is 5.10 Å². The number of anilines is 1. The minimum Gasteiger partial charge on any atom is -0.370 e. The molecule has 8 nitrogen and oxygen atoms in total. The largest absolute Gasteiger partial charge is 0.370 e. The van der Waals surface area contributed by atoms with Gasteiger partial charge < -0.3 is 9.88 Å². The van der Waals surface area contributed by atoms with Crippen molar-refractivity contribution in [2.45, 2.75) is 74.7 Å². The summed E-state index contributed by atoms with van der Waals surface area (Å²) in [6.45, 7) is 21.3. The Kier molecular flexibility index (Phi) is 7.43. The Hall–Kier alpha value is -3.29. The van der Waals surface area contributed by atoms with Gasteiger partial charge in [-0.15, -0.1) is 0 Å². The van der Waals surface area contributed by atoms with E-state index in [9.17, 15) is 0 Å². The van der Waals surface area contributed by atoms with Crippen LogP contribution in [-0.2, 0) is 0 Å². The van der Waals surface area contributed by atoms with Crippen LogP contribution in [0.25, 0.3) is 11.5 Å². The van der Waals surface area contributed by atoms with Gasteiger partial charge >= 0.3 is 0 Å². The molecule has 0 fully saturated rings. The van der Waals surface area contributed by atoms with Gasteiger partial charge in [0.05, 0.1) is 29.0 Å². The molecular weight excluding hydrogens is 448 g/mol. The summed E-state index contributed by atoms with van der Waals surface area (Å²) in [5, 5.41) is 5.02. The maximum absolute atomic E-state index is 5.05. The molecule has 4 heterocycles. The van der Waals surface area contributed by atoms with E-state index >= 15 is 0 Å². The monoisotopic (exact) mass is 488 g/mol. The fourth-order valence-corrected chi connectivity index (χ4v) is 4.50. The van der Waals surface area contributed by atoms with Gasteiger partial charge in [0.15, 0.2) is 17.5 Å².